The van der Waals surface area contributed by atoms with Crippen molar-refractivity contribution in [2.24, 2.45) is 5.92 Å². The lowest BCUT2D eigenvalue weighted by molar-refractivity contribution is 0.239. The molecule has 3 rings (SSSR count). The molecule has 0 spiro atoms. The van der Waals surface area contributed by atoms with Crippen molar-refractivity contribution in [1.82, 2.24) is 19.1 Å². The molecule has 1 aliphatic heterocycles. The first-order valence-corrected chi connectivity index (χ1v) is 9.45. The highest BCUT2D eigenvalue weighted by Gasteiger charge is 2.30. The van der Waals surface area contributed by atoms with Crippen molar-refractivity contribution in [3.8, 4) is 0 Å². The lowest BCUT2D eigenvalue weighted by atomic mass is 10.00. The highest BCUT2D eigenvalue weighted by Crippen LogP contribution is 2.24. The molecule has 23 heavy (non-hydrogen) atoms. The number of hydrogen-bond donors (Lipinski definition) is 0. The van der Waals surface area contributed by atoms with Gasteiger partial charge in [0.05, 0.1) is 4.90 Å². The molecular formula is C16H22N4O2S. The van der Waals surface area contributed by atoms with E-state index in [4.69, 9.17) is 0 Å². The molecule has 0 N–H and O–H groups in total. The molecule has 1 aliphatic rings. The highest BCUT2D eigenvalue weighted by atomic mass is 32.2. The number of aryl methyl sites for hydroxylation is 1. The van der Waals surface area contributed by atoms with Gasteiger partial charge in [-0.3, -0.25) is 4.68 Å². The average molecular weight is 334 g/mol. The van der Waals surface area contributed by atoms with E-state index in [-0.39, 0.29) is 5.92 Å². The molecule has 1 fully saturated rings. The van der Waals surface area contributed by atoms with Crippen molar-refractivity contribution < 1.29 is 8.42 Å². The molecule has 6 nitrogen and oxygen atoms in total. The van der Waals surface area contributed by atoms with Gasteiger partial charge in [-0.1, -0.05) is 19.1 Å². The standard InChI is InChI=1S/C16H22N4O2S/c1-2-14-5-7-16(8-6-14)23(21,22)20-9-3-4-15(11-20)10-19-13-17-12-18-19/h5-8,12-13,15H,2-4,9-11H2,1H3. The Morgan fingerprint density at radius 2 is 2.04 bits per heavy atom. The van der Waals surface area contributed by atoms with Crippen LogP contribution in [0.1, 0.15) is 25.3 Å². The summed E-state index contributed by atoms with van der Waals surface area (Å²) in [5, 5.41) is 4.11. The second kappa shape index (κ2) is 6.80. The van der Waals surface area contributed by atoms with E-state index in [0.29, 0.717) is 24.5 Å². The van der Waals surface area contributed by atoms with Gasteiger partial charge >= 0.3 is 0 Å². The number of aromatic nitrogens is 3. The largest absolute Gasteiger partial charge is 0.253 e. The maximum Gasteiger partial charge on any atom is 0.243 e. The molecule has 2 aromatic rings. The van der Waals surface area contributed by atoms with Gasteiger partial charge in [0, 0.05) is 19.6 Å². The molecule has 1 atom stereocenters. The molecule has 0 bridgehead atoms. The van der Waals surface area contributed by atoms with Gasteiger partial charge in [0.2, 0.25) is 10.0 Å². The van der Waals surface area contributed by atoms with Gasteiger partial charge in [0.1, 0.15) is 12.7 Å². The number of piperidine rings is 1. The molecule has 1 aromatic carbocycles. The fourth-order valence-corrected chi connectivity index (χ4v) is 4.59. The SMILES string of the molecule is CCc1ccc(S(=O)(=O)N2CCCC(Cn3cncn3)C2)cc1. The monoisotopic (exact) mass is 334 g/mol. The smallest absolute Gasteiger partial charge is 0.243 e. The van der Waals surface area contributed by atoms with Gasteiger partial charge in [0.25, 0.3) is 0 Å². The zero-order valence-electron chi connectivity index (χ0n) is 13.3. The minimum atomic E-state index is -3.41. The Morgan fingerprint density at radius 3 is 2.70 bits per heavy atom. The molecule has 1 aromatic heterocycles. The maximum atomic E-state index is 12.8. The van der Waals surface area contributed by atoms with E-state index in [1.165, 1.54) is 6.33 Å². The Balaban J connectivity index is 1.73. The fraction of sp³-hybridized carbons (Fsp3) is 0.500. The van der Waals surface area contributed by atoms with Crippen LogP contribution in [0, 0.1) is 5.92 Å². The van der Waals surface area contributed by atoms with Crippen LogP contribution in [-0.4, -0.2) is 40.6 Å². The van der Waals surface area contributed by atoms with Crippen LogP contribution >= 0.6 is 0 Å². The first-order valence-electron chi connectivity index (χ1n) is 8.01. The van der Waals surface area contributed by atoms with Gasteiger partial charge in [-0.2, -0.15) is 9.40 Å². The first-order chi connectivity index (χ1) is 11.1. The Labute approximate surface area is 137 Å². The number of nitrogens with zero attached hydrogens (tertiary/aromatic N) is 4. The van der Waals surface area contributed by atoms with E-state index in [2.05, 4.69) is 17.0 Å². The van der Waals surface area contributed by atoms with Crippen LogP contribution < -0.4 is 0 Å². The van der Waals surface area contributed by atoms with E-state index in [1.54, 1.807) is 27.4 Å². The molecule has 0 radical (unpaired) electrons. The molecule has 2 heterocycles. The van der Waals surface area contributed by atoms with Gasteiger partial charge in [-0.05, 0) is 42.9 Å². The lowest BCUT2D eigenvalue weighted by Gasteiger charge is -2.31. The summed E-state index contributed by atoms with van der Waals surface area (Å²) in [4.78, 5) is 4.32. The maximum absolute atomic E-state index is 12.8. The zero-order valence-corrected chi connectivity index (χ0v) is 14.1. The summed E-state index contributed by atoms with van der Waals surface area (Å²) in [5.41, 5.74) is 1.15. The van der Waals surface area contributed by atoms with E-state index in [9.17, 15) is 8.42 Å². The molecule has 7 heteroatoms. The molecule has 1 unspecified atom stereocenters. The van der Waals surface area contributed by atoms with Gasteiger partial charge in [-0.25, -0.2) is 13.4 Å². The molecule has 124 valence electrons. The van der Waals surface area contributed by atoms with Crippen LogP contribution in [0.15, 0.2) is 41.8 Å². The number of rotatable bonds is 5. The van der Waals surface area contributed by atoms with Crippen LogP contribution in [0.3, 0.4) is 0 Å². The summed E-state index contributed by atoms with van der Waals surface area (Å²) in [6.07, 6.45) is 5.99. The highest BCUT2D eigenvalue weighted by molar-refractivity contribution is 7.89. The van der Waals surface area contributed by atoms with Crippen molar-refractivity contribution in [2.75, 3.05) is 13.1 Å². The van der Waals surface area contributed by atoms with E-state index < -0.39 is 10.0 Å². The summed E-state index contributed by atoms with van der Waals surface area (Å²) in [7, 11) is -3.41. The Bertz CT molecular complexity index is 726. The summed E-state index contributed by atoms with van der Waals surface area (Å²) in [6, 6.07) is 7.22. The van der Waals surface area contributed by atoms with Crippen molar-refractivity contribution in [3.63, 3.8) is 0 Å². The topological polar surface area (TPSA) is 68.1 Å². The molecule has 0 amide bonds. The van der Waals surface area contributed by atoms with Crippen molar-refractivity contribution in [2.45, 2.75) is 37.6 Å². The third kappa shape index (κ3) is 3.61. The van der Waals surface area contributed by atoms with E-state index in [0.717, 1.165) is 24.8 Å². The molecule has 0 aliphatic carbocycles. The Kier molecular flexibility index (Phi) is 4.77. The van der Waals surface area contributed by atoms with Gasteiger partial charge in [0.15, 0.2) is 0 Å². The fourth-order valence-electron chi connectivity index (χ4n) is 3.03. The normalized spacial score (nSPS) is 19.8. The second-order valence-electron chi connectivity index (χ2n) is 5.99. The lowest BCUT2D eigenvalue weighted by Crippen LogP contribution is -2.41. The third-order valence-electron chi connectivity index (χ3n) is 4.36. The van der Waals surface area contributed by atoms with Crippen LogP contribution in [0.2, 0.25) is 0 Å². The van der Waals surface area contributed by atoms with Crippen LogP contribution in [-0.2, 0) is 23.0 Å². The minimum absolute atomic E-state index is 0.273. The van der Waals surface area contributed by atoms with Crippen LogP contribution in [0.5, 0.6) is 0 Å². The van der Waals surface area contributed by atoms with Crippen molar-refractivity contribution in [3.05, 3.63) is 42.5 Å². The van der Waals surface area contributed by atoms with Crippen LogP contribution in [0.4, 0.5) is 0 Å². The van der Waals surface area contributed by atoms with Crippen molar-refractivity contribution in [1.29, 1.82) is 0 Å². The van der Waals surface area contributed by atoms with Crippen LogP contribution in [0.25, 0.3) is 0 Å². The third-order valence-corrected chi connectivity index (χ3v) is 6.24. The second-order valence-corrected chi connectivity index (χ2v) is 7.92. The number of hydrogen-bond acceptors (Lipinski definition) is 4. The van der Waals surface area contributed by atoms with Gasteiger partial charge in [-0.15, -0.1) is 0 Å². The number of benzene rings is 1. The quantitative estimate of drug-likeness (QED) is 0.838. The Hall–Kier alpha value is -1.73. The summed E-state index contributed by atoms with van der Waals surface area (Å²) in [6.45, 7) is 3.90. The van der Waals surface area contributed by atoms with Gasteiger partial charge < -0.3 is 0 Å². The summed E-state index contributed by atoms with van der Waals surface area (Å²) < 4.78 is 29.0. The predicted octanol–water partition coefficient (Wildman–Crippen LogP) is 1.94. The van der Waals surface area contributed by atoms with Crippen molar-refractivity contribution >= 4 is 10.0 Å². The predicted molar refractivity (Wildman–Crippen MR) is 87.3 cm³/mol. The Morgan fingerprint density at radius 1 is 1.26 bits per heavy atom. The van der Waals surface area contributed by atoms with E-state index >= 15 is 0 Å². The number of sulfonamides is 1. The molecular weight excluding hydrogens is 312 g/mol. The van der Waals surface area contributed by atoms with E-state index in [1.807, 2.05) is 12.1 Å². The summed E-state index contributed by atoms with van der Waals surface area (Å²) in [5.74, 6) is 0.273. The molecule has 1 saturated heterocycles. The molecule has 0 saturated carbocycles. The average Bonchev–Trinajstić information content (AvgIpc) is 3.08. The minimum Gasteiger partial charge on any atom is -0.253 e. The summed E-state index contributed by atoms with van der Waals surface area (Å²) >= 11 is 0. The zero-order chi connectivity index (χ0) is 16.3. The first kappa shape index (κ1) is 16.1.